The highest BCUT2D eigenvalue weighted by Gasteiger charge is 2.49. The third kappa shape index (κ3) is 4.76. The number of allylic oxidation sites excluding steroid dienone is 3. The van der Waals surface area contributed by atoms with Crippen molar-refractivity contribution in [3.05, 3.63) is 75.9 Å². The Morgan fingerprint density at radius 2 is 0.708 bits per heavy atom. The van der Waals surface area contributed by atoms with Crippen LogP contribution in [-0.4, -0.2) is 54.7 Å². The van der Waals surface area contributed by atoms with Crippen LogP contribution in [0.1, 0.15) is 0 Å². The second kappa shape index (κ2) is 11.1. The highest BCUT2D eigenvalue weighted by molar-refractivity contribution is 6.86. The Morgan fingerprint density at radius 3 is 0.875 bits per heavy atom. The average molecular weight is 321 g/mol. The lowest BCUT2D eigenvalue weighted by Crippen LogP contribution is -2.77. The lowest BCUT2D eigenvalue weighted by Gasteiger charge is -2.54. The smallest absolute Gasteiger partial charge is 0.294 e. The third-order valence-electron chi connectivity index (χ3n) is 4.45. The number of nitrogens with zero attached hydrogens (tertiary/aromatic N) is 3. The van der Waals surface area contributed by atoms with Crippen LogP contribution in [0.4, 0.5) is 0 Å². The van der Waals surface area contributed by atoms with Gasteiger partial charge in [0, 0.05) is 0 Å². The summed E-state index contributed by atoms with van der Waals surface area (Å²) in [6, 6.07) is 0. The molecule has 1 heterocycles. The summed E-state index contributed by atoms with van der Waals surface area (Å²) in [5.41, 5.74) is 0. The molecule has 6 heteroatoms. The predicted octanol–water partition coefficient (Wildman–Crippen LogP) is 3.49. The van der Waals surface area contributed by atoms with Gasteiger partial charge in [0.25, 0.3) is 20.9 Å². The minimum Gasteiger partial charge on any atom is -0.353 e. The van der Waals surface area contributed by atoms with Crippen molar-refractivity contribution in [1.29, 1.82) is 0 Å². The van der Waals surface area contributed by atoms with Crippen LogP contribution in [0, 0.1) is 0 Å². The molecule has 0 spiro atoms. The molecule has 3 nitrogen and oxygen atoms in total. The molecule has 0 aromatic rings. The van der Waals surface area contributed by atoms with Gasteiger partial charge in [-0.15, -0.1) is 39.5 Å². The molecule has 0 amide bonds. The molecule has 0 radical (unpaired) electrons. The van der Waals surface area contributed by atoms with Gasteiger partial charge in [-0.05, 0) is 38.6 Å². The van der Waals surface area contributed by atoms with Crippen LogP contribution in [0.5, 0.6) is 0 Å². The molecular weight excluding hydrogens is 291 g/mol. The molecule has 0 bridgehead atoms. The number of hydrogen-bond donors (Lipinski definition) is 0. The maximum Gasteiger partial charge on any atom is 0.294 e. The van der Waals surface area contributed by atoms with E-state index in [2.05, 4.69) is 53.6 Å². The summed E-state index contributed by atoms with van der Waals surface area (Å²) in [4.78, 5) is 0. The maximum absolute atomic E-state index is 3.97. The Balaban J connectivity index is 3.36. The first-order valence-electron chi connectivity index (χ1n) is 8.62. The fourth-order valence-electron chi connectivity index (χ4n) is 3.60. The van der Waals surface area contributed by atoms with Gasteiger partial charge in [-0.25, -0.2) is 0 Å². The summed E-state index contributed by atoms with van der Waals surface area (Å²) in [6.45, 7) is 27.0. The molecule has 1 rings (SSSR count). The maximum atomic E-state index is 3.97. The molecule has 0 unspecified atom stereocenters. The fraction of sp³-hybridized carbons (Fsp3) is 0.333. The number of hydrogen-bond acceptors (Lipinski definition) is 3. The largest absolute Gasteiger partial charge is 0.353 e. The Morgan fingerprint density at radius 1 is 0.458 bits per heavy atom. The van der Waals surface area contributed by atoms with Crippen molar-refractivity contribution >= 4 is 20.9 Å². The van der Waals surface area contributed by atoms with Gasteiger partial charge in [-0.2, -0.15) is 0 Å². The quantitative estimate of drug-likeness (QED) is 0.402. The first kappa shape index (κ1) is 20.6. The standard InChI is InChI=1S/C18H30B3N3/c1-7-13-19-22(16-10-4)20(14-8-2)24(18-12-6)21(15-9-3)23(19)17-11-5/h7-12H,1-6,13-18H2. The molecule has 0 N–H and O–H groups in total. The Bertz CT molecular complexity index is 346. The van der Waals surface area contributed by atoms with E-state index in [1.807, 2.05) is 36.5 Å². The van der Waals surface area contributed by atoms with E-state index in [4.69, 9.17) is 0 Å². The van der Waals surface area contributed by atoms with E-state index in [0.717, 1.165) is 38.6 Å². The molecule has 126 valence electrons. The van der Waals surface area contributed by atoms with Crippen molar-refractivity contribution in [3.8, 4) is 0 Å². The summed E-state index contributed by atoms with van der Waals surface area (Å²) in [5, 5.41) is 0. The van der Waals surface area contributed by atoms with Crippen LogP contribution in [-0.2, 0) is 0 Å². The lowest BCUT2D eigenvalue weighted by atomic mass is 9.40. The van der Waals surface area contributed by atoms with Gasteiger partial charge in [0.2, 0.25) is 0 Å². The van der Waals surface area contributed by atoms with Gasteiger partial charge >= 0.3 is 0 Å². The summed E-state index contributed by atoms with van der Waals surface area (Å²) >= 11 is 0. The molecular formula is C18H30B3N3. The van der Waals surface area contributed by atoms with Crippen LogP contribution in [0.2, 0.25) is 19.0 Å². The van der Waals surface area contributed by atoms with Crippen molar-refractivity contribution in [1.82, 2.24) is 14.2 Å². The molecule has 1 fully saturated rings. The SMILES string of the molecule is C=CCB1N(CC=C)B(CC=C)N(CC=C)B(CC=C)N1CC=C. The summed E-state index contributed by atoms with van der Waals surface area (Å²) in [6.07, 6.45) is 14.6. The van der Waals surface area contributed by atoms with E-state index in [0.29, 0.717) is 0 Å². The third-order valence-corrected chi connectivity index (χ3v) is 4.45. The van der Waals surface area contributed by atoms with Gasteiger partial charge in [0.1, 0.15) is 0 Å². The van der Waals surface area contributed by atoms with Crippen molar-refractivity contribution < 1.29 is 0 Å². The van der Waals surface area contributed by atoms with Gasteiger partial charge < -0.3 is 14.2 Å². The van der Waals surface area contributed by atoms with E-state index in [1.165, 1.54) is 0 Å². The number of rotatable bonds is 12. The lowest BCUT2D eigenvalue weighted by molar-refractivity contribution is 0.478. The second-order valence-electron chi connectivity index (χ2n) is 5.97. The van der Waals surface area contributed by atoms with Gasteiger partial charge in [-0.1, -0.05) is 36.5 Å². The predicted molar refractivity (Wildman–Crippen MR) is 113 cm³/mol. The molecule has 1 saturated heterocycles. The van der Waals surface area contributed by atoms with Crippen LogP contribution in [0.15, 0.2) is 75.9 Å². The molecule has 24 heavy (non-hydrogen) atoms. The fourth-order valence-corrected chi connectivity index (χ4v) is 3.60. The van der Waals surface area contributed by atoms with Gasteiger partial charge in [0.05, 0.1) is 0 Å². The molecule has 0 aromatic heterocycles. The van der Waals surface area contributed by atoms with Crippen LogP contribution in [0.25, 0.3) is 0 Å². The Labute approximate surface area is 150 Å². The average Bonchev–Trinajstić information content (AvgIpc) is 2.57. The highest BCUT2D eigenvalue weighted by atomic mass is 15.3. The Hall–Kier alpha value is -1.49. The summed E-state index contributed by atoms with van der Waals surface area (Å²) in [5.74, 6) is 0. The molecule has 0 saturated carbocycles. The van der Waals surface area contributed by atoms with Crippen molar-refractivity contribution in [3.63, 3.8) is 0 Å². The molecule has 1 aliphatic rings. The monoisotopic (exact) mass is 321 g/mol. The van der Waals surface area contributed by atoms with Crippen molar-refractivity contribution in [2.45, 2.75) is 19.0 Å². The zero-order valence-electron chi connectivity index (χ0n) is 15.0. The van der Waals surface area contributed by atoms with E-state index in [-0.39, 0.29) is 20.9 Å². The van der Waals surface area contributed by atoms with Crippen molar-refractivity contribution in [2.24, 2.45) is 0 Å². The van der Waals surface area contributed by atoms with Crippen LogP contribution < -0.4 is 0 Å². The van der Waals surface area contributed by atoms with E-state index >= 15 is 0 Å². The molecule has 0 aliphatic carbocycles. The molecule has 1 aliphatic heterocycles. The first-order chi connectivity index (χ1) is 11.7. The topological polar surface area (TPSA) is 9.72 Å². The molecule has 0 aromatic carbocycles. The van der Waals surface area contributed by atoms with E-state index < -0.39 is 0 Å². The van der Waals surface area contributed by atoms with Crippen molar-refractivity contribution in [2.75, 3.05) is 19.6 Å². The minimum absolute atomic E-state index is 0.259. The van der Waals surface area contributed by atoms with Gasteiger partial charge in [-0.3, -0.25) is 0 Å². The Kier molecular flexibility index (Phi) is 9.54. The minimum atomic E-state index is 0.259. The first-order valence-corrected chi connectivity index (χ1v) is 8.62. The van der Waals surface area contributed by atoms with E-state index in [1.54, 1.807) is 0 Å². The van der Waals surface area contributed by atoms with Gasteiger partial charge in [0.15, 0.2) is 0 Å². The summed E-state index contributed by atoms with van der Waals surface area (Å²) in [7, 11) is 0. The van der Waals surface area contributed by atoms with Crippen LogP contribution in [0.3, 0.4) is 0 Å². The van der Waals surface area contributed by atoms with Crippen LogP contribution >= 0.6 is 0 Å². The zero-order valence-corrected chi connectivity index (χ0v) is 15.0. The zero-order chi connectivity index (χ0) is 17.9. The second-order valence-corrected chi connectivity index (χ2v) is 5.97. The normalized spacial score (nSPS) is 16.8. The van der Waals surface area contributed by atoms with E-state index in [9.17, 15) is 0 Å². The highest BCUT2D eigenvalue weighted by Crippen LogP contribution is 2.26. The molecule has 0 atom stereocenters. The summed E-state index contributed by atoms with van der Waals surface area (Å²) < 4.78 is 7.43.